The number of hydrogen-bond donors (Lipinski definition) is 0. The van der Waals surface area contributed by atoms with Gasteiger partial charge in [0, 0.05) is 24.9 Å². The quantitative estimate of drug-likeness (QED) is 0.751. The molecule has 3 unspecified atom stereocenters. The molecule has 3 atom stereocenters. The maximum absolute atomic E-state index is 12.8. The molecule has 2 fully saturated rings. The summed E-state index contributed by atoms with van der Waals surface area (Å²) in [5, 5.41) is 0. The molecule has 1 aromatic rings. The van der Waals surface area contributed by atoms with Crippen molar-refractivity contribution >= 4 is 18.0 Å². The van der Waals surface area contributed by atoms with Crippen molar-refractivity contribution in [2.45, 2.75) is 52.0 Å². The van der Waals surface area contributed by atoms with Gasteiger partial charge in [0.25, 0.3) is 5.91 Å². The monoisotopic (exact) mass is 383 g/mol. The van der Waals surface area contributed by atoms with E-state index < -0.39 is 0 Å². The van der Waals surface area contributed by atoms with Gasteiger partial charge in [0.2, 0.25) is 5.91 Å². The molecule has 5 heteroatoms. The molecule has 152 valence electrons. The van der Waals surface area contributed by atoms with Gasteiger partial charge < -0.3 is 9.80 Å². The predicted molar refractivity (Wildman–Crippen MR) is 113 cm³/mol. The van der Waals surface area contributed by atoms with Gasteiger partial charge in [0.15, 0.2) is 0 Å². The van der Waals surface area contributed by atoms with E-state index >= 15 is 0 Å². The number of amides is 2. The number of likely N-dealkylation sites (tertiary alicyclic amines) is 2. The maximum Gasteiger partial charge on any atom is 0.276 e. The first kappa shape index (κ1) is 20.7. The van der Waals surface area contributed by atoms with Gasteiger partial charge in [-0.1, -0.05) is 19.1 Å². The second-order valence-corrected chi connectivity index (χ2v) is 8.72. The minimum atomic E-state index is -0.317. The van der Waals surface area contributed by atoms with Gasteiger partial charge in [-0.15, -0.1) is 0 Å². The van der Waals surface area contributed by atoms with Crippen LogP contribution in [0, 0.1) is 18.8 Å². The highest BCUT2D eigenvalue weighted by molar-refractivity contribution is 6.04. The molecule has 2 heterocycles. The van der Waals surface area contributed by atoms with E-state index in [1.165, 1.54) is 5.56 Å². The van der Waals surface area contributed by atoms with Crippen LogP contribution in [0.25, 0.3) is 0 Å². The van der Waals surface area contributed by atoms with Crippen molar-refractivity contribution in [1.29, 1.82) is 0 Å². The zero-order chi connectivity index (χ0) is 20.4. The molecule has 0 bridgehead atoms. The van der Waals surface area contributed by atoms with E-state index in [2.05, 4.69) is 36.9 Å². The fourth-order valence-electron chi connectivity index (χ4n) is 4.61. The molecule has 0 aliphatic carbocycles. The number of aliphatic imine (C=N–C) groups is 1. The van der Waals surface area contributed by atoms with Crippen LogP contribution in [0.5, 0.6) is 0 Å². The highest BCUT2D eigenvalue weighted by atomic mass is 16.2. The molecule has 0 radical (unpaired) electrons. The molecule has 3 rings (SSSR count). The van der Waals surface area contributed by atoms with Crippen molar-refractivity contribution in [2.24, 2.45) is 16.8 Å². The standard InChI is InChI=1S/C23H33N3O2/c1-15-13-16(2)26(5)23(28)21(15)14-24-22(27)20-8-6-7-19(17(20)3)18-9-11-25(4)12-10-18/h6-8,14-16,18,21H,9-13H2,1-5H3. The molecule has 0 aromatic heterocycles. The molecule has 2 aliphatic rings. The summed E-state index contributed by atoms with van der Waals surface area (Å²) in [6, 6.07) is 6.20. The van der Waals surface area contributed by atoms with Crippen LogP contribution in [0.3, 0.4) is 0 Å². The molecule has 0 saturated carbocycles. The largest absolute Gasteiger partial charge is 0.342 e. The Morgan fingerprint density at radius 1 is 1.18 bits per heavy atom. The van der Waals surface area contributed by atoms with Crippen LogP contribution in [-0.2, 0) is 4.79 Å². The van der Waals surface area contributed by atoms with Crippen molar-refractivity contribution in [1.82, 2.24) is 9.80 Å². The number of benzene rings is 1. The van der Waals surface area contributed by atoms with Crippen LogP contribution in [0.15, 0.2) is 23.2 Å². The lowest BCUT2D eigenvalue weighted by atomic mass is 9.84. The molecule has 5 nitrogen and oxygen atoms in total. The molecule has 0 spiro atoms. The first-order valence-electron chi connectivity index (χ1n) is 10.4. The fraction of sp³-hybridized carbons (Fsp3) is 0.609. The van der Waals surface area contributed by atoms with Gasteiger partial charge in [-0.2, -0.15) is 0 Å². The first-order chi connectivity index (χ1) is 13.3. The molecular formula is C23H33N3O2. The van der Waals surface area contributed by atoms with Gasteiger partial charge in [-0.05, 0) is 82.3 Å². The van der Waals surface area contributed by atoms with Crippen LogP contribution in [0.2, 0.25) is 0 Å². The summed E-state index contributed by atoms with van der Waals surface area (Å²) >= 11 is 0. The van der Waals surface area contributed by atoms with Crippen LogP contribution in [0.1, 0.15) is 60.5 Å². The summed E-state index contributed by atoms with van der Waals surface area (Å²) in [4.78, 5) is 33.7. The Kier molecular flexibility index (Phi) is 6.33. The van der Waals surface area contributed by atoms with Gasteiger partial charge in [-0.25, -0.2) is 4.99 Å². The minimum Gasteiger partial charge on any atom is -0.342 e. The third kappa shape index (κ3) is 4.19. The zero-order valence-electron chi connectivity index (χ0n) is 17.8. The Balaban J connectivity index is 1.77. The van der Waals surface area contributed by atoms with Crippen LogP contribution >= 0.6 is 0 Å². The summed E-state index contributed by atoms with van der Waals surface area (Å²) in [7, 11) is 3.99. The van der Waals surface area contributed by atoms with E-state index in [9.17, 15) is 9.59 Å². The SMILES string of the molecule is Cc1c(C(=O)N=CC2C(=O)N(C)C(C)CC2C)cccc1C1CCN(C)CC1. The Bertz CT molecular complexity index is 765. The van der Waals surface area contributed by atoms with E-state index in [-0.39, 0.29) is 29.7 Å². The summed E-state index contributed by atoms with van der Waals surface area (Å²) in [5.41, 5.74) is 2.96. The Labute approximate surface area is 168 Å². The van der Waals surface area contributed by atoms with E-state index in [1.54, 1.807) is 11.1 Å². The fourth-order valence-corrected chi connectivity index (χ4v) is 4.61. The minimum absolute atomic E-state index is 0.0552. The topological polar surface area (TPSA) is 53.0 Å². The number of rotatable bonds is 3. The molecule has 28 heavy (non-hydrogen) atoms. The zero-order valence-corrected chi connectivity index (χ0v) is 17.8. The van der Waals surface area contributed by atoms with Crippen molar-refractivity contribution in [3.05, 3.63) is 34.9 Å². The summed E-state index contributed by atoms with van der Waals surface area (Å²) in [5.74, 6) is 0.195. The number of piperidine rings is 2. The molecule has 2 aliphatic heterocycles. The number of nitrogens with zero attached hydrogens (tertiary/aromatic N) is 3. The Morgan fingerprint density at radius 2 is 1.86 bits per heavy atom. The third-order valence-corrected chi connectivity index (χ3v) is 6.74. The number of hydrogen-bond acceptors (Lipinski definition) is 3. The predicted octanol–water partition coefficient (Wildman–Crippen LogP) is 3.52. The number of carbonyl (C=O) groups is 2. The lowest BCUT2D eigenvalue weighted by Gasteiger charge is -2.37. The van der Waals surface area contributed by atoms with Crippen molar-refractivity contribution in [3.8, 4) is 0 Å². The number of carbonyl (C=O) groups excluding carboxylic acids is 2. The Hall–Kier alpha value is -2.01. The van der Waals surface area contributed by atoms with E-state index in [1.807, 2.05) is 26.1 Å². The third-order valence-electron chi connectivity index (χ3n) is 6.74. The van der Waals surface area contributed by atoms with Gasteiger partial charge in [-0.3, -0.25) is 9.59 Å². The highest BCUT2D eigenvalue weighted by Crippen LogP contribution is 2.31. The van der Waals surface area contributed by atoms with Crippen molar-refractivity contribution < 1.29 is 9.59 Å². The summed E-state index contributed by atoms with van der Waals surface area (Å²) in [6.45, 7) is 8.34. The smallest absolute Gasteiger partial charge is 0.276 e. The van der Waals surface area contributed by atoms with Gasteiger partial charge in [0.05, 0.1) is 5.92 Å². The molecule has 1 aromatic carbocycles. The van der Waals surface area contributed by atoms with Crippen LogP contribution < -0.4 is 0 Å². The molecule has 0 N–H and O–H groups in total. The molecule has 2 amide bonds. The van der Waals surface area contributed by atoms with Crippen LogP contribution in [-0.4, -0.2) is 61.1 Å². The van der Waals surface area contributed by atoms with E-state index in [0.717, 1.165) is 37.9 Å². The normalized spacial score (nSPS) is 27.5. The van der Waals surface area contributed by atoms with Gasteiger partial charge >= 0.3 is 0 Å². The average Bonchev–Trinajstić information content (AvgIpc) is 2.67. The van der Waals surface area contributed by atoms with Crippen molar-refractivity contribution in [3.63, 3.8) is 0 Å². The lowest BCUT2D eigenvalue weighted by Crippen LogP contribution is -2.48. The molecule has 2 saturated heterocycles. The Morgan fingerprint density at radius 3 is 2.54 bits per heavy atom. The highest BCUT2D eigenvalue weighted by Gasteiger charge is 2.35. The first-order valence-corrected chi connectivity index (χ1v) is 10.4. The second-order valence-electron chi connectivity index (χ2n) is 8.72. The maximum atomic E-state index is 12.8. The van der Waals surface area contributed by atoms with Crippen molar-refractivity contribution in [2.75, 3.05) is 27.2 Å². The summed E-state index contributed by atoms with van der Waals surface area (Å²) < 4.78 is 0. The van der Waals surface area contributed by atoms with Gasteiger partial charge in [0.1, 0.15) is 0 Å². The van der Waals surface area contributed by atoms with E-state index in [4.69, 9.17) is 0 Å². The van der Waals surface area contributed by atoms with Crippen LogP contribution in [0.4, 0.5) is 0 Å². The molecular weight excluding hydrogens is 350 g/mol. The lowest BCUT2D eigenvalue weighted by molar-refractivity contribution is -0.138. The second kappa shape index (κ2) is 8.56. The van der Waals surface area contributed by atoms with E-state index in [0.29, 0.717) is 11.5 Å². The summed E-state index contributed by atoms with van der Waals surface area (Å²) in [6.07, 6.45) is 4.75. The average molecular weight is 384 g/mol.